The average molecular weight is 377 g/mol. The number of nitro groups is 1. The van der Waals surface area contributed by atoms with Crippen LogP contribution < -0.4 is 9.44 Å². The number of nitrogens with one attached hydrogen (secondary N) is 2. The summed E-state index contributed by atoms with van der Waals surface area (Å²) in [6.45, 7) is -0.312. The molecule has 0 heterocycles. The van der Waals surface area contributed by atoms with Crippen LogP contribution in [-0.2, 0) is 20.0 Å². The van der Waals surface area contributed by atoms with Crippen molar-refractivity contribution in [2.75, 3.05) is 12.3 Å². The van der Waals surface area contributed by atoms with E-state index in [9.17, 15) is 26.9 Å². The van der Waals surface area contributed by atoms with Crippen LogP contribution in [0.3, 0.4) is 0 Å². The molecule has 0 unspecified atom stereocenters. The molecule has 0 aromatic heterocycles. The van der Waals surface area contributed by atoms with Gasteiger partial charge in [0.25, 0.3) is 5.69 Å². The van der Waals surface area contributed by atoms with E-state index in [4.69, 9.17) is 0 Å². The molecule has 1 aliphatic carbocycles. The molecule has 24 heavy (non-hydrogen) atoms. The first-order chi connectivity index (χ1) is 11.2. The number of nitrogens with zero attached hydrogens (tertiary/aromatic N) is 1. The lowest BCUT2D eigenvalue weighted by Crippen LogP contribution is -2.38. The third-order valence-corrected chi connectivity index (χ3v) is 6.60. The fourth-order valence-corrected chi connectivity index (χ4v) is 4.95. The Kier molecular flexibility index (Phi) is 5.91. The maximum Gasteiger partial charge on any atom is 0.270 e. The smallest absolute Gasteiger partial charge is 0.258 e. The molecule has 1 saturated carbocycles. The fourth-order valence-electron chi connectivity index (χ4n) is 2.51. The van der Waals surface area contributed by atoms with Crippen molar-refractivity contribution in [3.63, 3.8) is 0 Å². The van der Waals surface area contributed by atoms with Crippen LogP contribution in [0.5, 0.6) is 0 Å². The molecular formula is C13H19N3O6S2. The third-order valence-electron chi connectivity index (χ3n) is 3.70. The maximum absolute atomic E-state index is 12.1. The Morgan fingerprint density at radius 1 is 1.17 bits per heavy atom. The van der Waals surface area contributed by atoms with Crippen molar-refractivity contribution >= 4 is 25.7 Å². The fraction of sp³-hybridized carbons (Fsp3) is 0.538. The quantitative estimate of drug-likeness (QED) is 0.506. The molecule has 1 aromatic carbocycles. The highest BCUT2D eigenvalue weighted by Crippen LogP contribution is 2.19. The molecule has 134 valence electrons. The Balaban J connectivity index is 1.95. The molecule has 0 saturated heterocycles. The van der Waals surface area contributed by atoms with Crippen molar-refractivity contribution in [1.29, 1.82) is 0 Å². The van der Waals surface area contributed by atoms with Gasteiger partial charge in [-0.25, -0.2) is 26.3 Å². The number of benzene rings is 1. The van der Waals surface area contributed by atoms with Crippen LogP contribution in [0, 0.1) is 10.1 Å². The van der Waals surface area contributed by atoms with Gasteiger partial charge >= 0.3 is 0 Å². The van der Waals surface area contributed by atoms with Gasteiger partial charge in [0.1, 0.15) is 0 Å². The standard InChI is InChI=1S/C13H19N3O6S2/c17-16(18)12-6-3-7-13(10-12)24(21,22)14-8-9-23(19,20)15-11-4-1-2-5-11/h3,6-7,10-11,14-15H,1-2,4-5,8-9H2. The Morgan fingerprint density at radius 2 is 1.83 bits per heavy atom. The molecule has 0 atom stereocenters. The number of non-ortho nitro benzene ring substituents is 1. The number of hydrogen-bond donors (Lipinski definition) is 2. The summed E-state index contributed by atoms with van der Waals surface area (Å²) in [7, 11) is -7.59. The van der Waals surface area contributed by atoms with Crippen molar-refractivity contribution in [2.45, 2.75) is 36.6 Å². The van der Waals surface area contributed by atoms with Crippen molar-refractivity contribution in [2.24, 2.45) is 0 Å². The van der Waals surface area contributed by atoms with Gasteiger partial charge in [0, 0.05) is 24.7 Å². The van der Waals surface area contributed by atoms with E-state index in [1.54, 1.807) is 0 Å². The van der Waals surface area contributed by atoms with E-state index in [0.29, 0.717) is 0 Å². The van der Waals surface area contributed by atoms with Gasteiger partial charge in [0.05, 0.1) is 15.6 Å². The predicted molar refractivity (Wildman–Crippen MR) is 87.5 cm³/mol. The summed E-state index contributed by atoms with van der Waals surface area (Å²) in [5.41, 5.74) is -0.353. The Bertz CT molecular complexity index is 801. The second kappa shape index (κ2) is 7.55. The van der Waals surface area contributed by atoms with Crippen molar-refractivity contribution < 1.29 is 21.8 Å². The molecule has 1 aliphatic rings. The summed E-state index contributed by atoms with van der Waals surface area (Å²) in [5.74, 6) is -0.391. The van der Waals surface area contributed by atoms with E-state index in [1.165, 1.54) is 18.2 Å². The highest BCUT2D eigenvalue weighted by Gasteiger charge is 2.22. The molecule has 0 amide bonds. The third kappa shape index (κ3) is 5.23. The first-order valence-electron chi connectivity index (χ1n) is 7.44. The van der Waals surface area contributed by atoms with Gasteiger partial charge in [-0.3, -0.25) is 10.1 Å². The van der Waals surface area contributed by atoms with E-state index in [1.807, 2.05) is 0 Å². The maximum atomic E-state index is 12.1. The van der Waals surface area contributed by atoms with Gasteiger partial charge in [0.2, 0.25) is 20.0 Å². The summed E-state index contributed by atoms with van der Waals surface area (Å²) in [6, 6.07) is 4.48. The molecule has 11 heteroatoms. The first kappa shape index (κ1) is 18.8. The minimum Gasteiger partial charge on any atom is -0.258 e. The molecule has 0 bridgehead atoms. The lowest BCUT2D eigenvalue weighted by molar-refractivity contribution is -0.385. The van der Waals surface area contributed by atoms with Crippen LogP contribution in [-0.4, -0.2) is 40.1 Å². The molecule has 0 radical (unpaired) electrons. The van der Waals surface area contributed by atoms with Crippen LogP contribution in [0.15, 0.2) is 29.2 Å². The van der Waals surface area contributed by atoms with Crippen LogP contribution >= 0.6 is 0 Å². The SMILES string of the molecule is O=[N+]([O-])c1cccc(S(=O)(=O)NCCS(=O)(=O)NC2CCCC2)c1. The van der Waals surface area contributed by atoms with Gasteiger partial charge in [-0.1, -0.05) is 18.9 Å². The molecule has 1 aromatic rings. The van der Waals surface area contributed by atoms with E-state index < -0.39 is 30.7 Å². The van der Waals surface area contributed by atoms with Crippen LogP contribution in [0.2, 0.25) is 0 Å². The zero-order chi connectivity index (χ0) is 17.8. The molecule has 0 aliphatic heterocycles. The van der Waals surface area contributed by atoms with Crippen molar-refractivity contribution in [3.05, 3.63) is 34.4 Å². The number of nitro benzene ring substituents is 1. The van der Waals surface area contributed by atoms with E-state index in [-0.39, 0.29) is 23.2 Å². The van der Waals surface area contributed by atoms with Crippen molar-refractivity contribution in [1.82, 2.24) is 9.44 Å². The van der Waals surface area contributed by atoms with E-state index >= 15 is 0 Å². The van der Waals surface area contributed by atoms with E-state index in [2.05, 4.69) is 9.44 Å². The lowest BCUT2D eigenvalue weighted by atomic mass is 10.3. The molecule has 0 spiro atoms. The van der Waals surface area contributed by atoms with Gasteiger partial charge in [-0.05, 0) is 18.9 Å². The predicted octanol–water partition coefficient (Wildman–Crippen LogP) is 0.735. The average Bonchev–Trinajstić information content (AvgIpc) is 2.99. The summed E-state index contributed by atoms with van der Waals surface area (Å²) < 4.78 is 52.7. The number of hydrogen-bond acceptors (Lipinski definition) is 6. The van der Waals surface area contributed by atoms with Crippen LogP contribution in [0.1, 0.15) is 25.7 Å². The normalized spacial score (nSPS) is 16.3. The van der Waals surface area contributed by atoms with Crippen molar-refractivity contribution in [3.8, 4) is 0 Å². The van der Waals surface area contributed by atoms with Gasteiger partial charge < -0.3 is 0 Å². The summed E-state index contributed by atoms with van der Waals surface area (Å²) in [4.78, 5) is 9.71. The molecule has 2 rings (SSSR count). The zero-order valence-electron chi connectivity index (χ0n) is 12.8. The largest absolute Gasteiger partial charge is 0.270 e. The summed E-state index contributed by atoms with van der Waals surface area (Å²) >= 11 is 0. The highest BCUT2D eigenvalue weighted by molar-refractivity contribution is 7.90. The Labute approximate surface area is 140 Å². The van der Waals surface area contributed by atoms with Gasteiger partial charge in [0.15, 0.2) is 0 Å². The first-order valence-corrected chi connectivity index (χ1v) is 10.6. The van der Waals surface area contributed by atoms with Gasteiger partial charge in [-0.15, -0.1) is 0 Å². The minimum absolute atomic E-state index is 0.0802. The Hall–Kier alpha value is -1.56. The lowest BCUT2D eigenvalue weighted by Gasteiger charge is -2.12. The second-order valence-electron chi connectivity index (χ2n) is 5.57. The zero-order valence-corrected chi connectivity index (χ0v) is 14.5. The summed E-state index contributed by atoms with van der Waals surface area (Å²) in [6.07, 6.45) is 3.54. The Morgan fingerprint density at radius 3 is 2.46 bits per heavy atom. The molecule has 9 nitrogen and oxygen atoms in total. The highest BCUT2D eigenvalue weighted by atomic mass is 32.2. The molecule has 2 N–H and O–H groups in total. The second-order valence-corrected chi connectivity index (χ2v) is 9.21. The topological polar surface area (TPSA) is 135 Å². The summed E-state index contributed by atoms with van der Waals surface area (Å²) in [5, 5.41) is 10.7. The van der Waals surface area contributed by atoms with E-state index in [0.717, 1.165) is 31.7 Å². The minimum atomic E-state index is -4.01. The number of sulfonamides is 2. The van der Waals surface area contributed by atoms with Crippen LogP contribution in [0.4, 0.5) is 5.69 Å². The molecular weight excluding hydrogens is 358 g/mol. The van der Waals surface area contributed by atoms with Crippen LogP contribution in [0.25, 0.3) is 0 Å². The monoisotopic (exact) mass is 377 g/mol. The number of rotatable bonds is 8. The molecule has 1 fully saturated rings. The van der Waals surface area contributed by atoms with Gasteiger partial charge in [-0.2, -0.15) is 0 Å².